The van der Waals surface area contributed by atoms with E-state index in [1.807, 2.05) is 0 Å². The number of unbranched alkanes of at least 4 members (excludes halogenated alkanes) is 16. The fourth-order valence-corrected chi connectivity index (χ4v) is 7.71. The van der Waals surface area contributed by atoms with Crippen molar-refractivity contribution in [1.29, 1.82) is 0 Å². The van der Waals surface area contributed by atoms with E-state index in [0.717, 1.165) is 12.1 Å². The van der Waals surface area contributed by atoms with Crippen molar-refractivity contribution in [2.45, 2.75) is 207 Å². The van der Waals surface area contributed by atoms with Crippen LogP contribution in [0.3, 0.4) is 0 Å². The minimum absolute atomic E-state index is 0.673. The third-order valence-electron chi connectivity index (χ3n) is 10.5. The normalized spacial score (nSPS) is 18.0. The van der Waals surface area contributed by atoms with E-state index >= 15 is 0 Å². The Morgan fingerprint density at radius 2 is 0.718 bits per heavy atom. The summed E-state index contributed by atoms with van der Waals surface area (Å²) < 4.78 is 0. The van der Waals surface area contributed by atoms with E-state index in [1.165, 1.54) is 193 Å². The molecule has 0 bridgehead atoms. The van der Waals surface area contributed by atoms with Crippen LogP contribution in [0.4, 0.5) is 0 Å². The van der Waals surface area contributed by atoms with Gasteiger partial charge >= 0.3 is 0 Å². The lowest BCUT2D eigenvalue weighted by atomic mass is 9.70. The van der Waals surface area contributed by atoms with Gasteiger partial charge in [-0.25, -0.2) is 0 Å². The van der Waals surface area contributed by atoms with Crippen molar-refractivity contribution in [2.75, 3.05) is 26.2 Å². The van der Waals surface area contributed by atoms with Crippen molar-refractivity contribution in [3.05, 3.63) is 0 Å². The highest BCUT2D eigenvalue weighted by Crippen LogP contribution is 2.43. The predicted molar refractivity (Wildman–Crippen MR) is 176 cm³/mol. The fraction of sp³-hybridized carbons (Fsp3) is 1.00. The van der Waals surface area contributed by atoms with Gasteiger partial charge in [0.15, 0.2) is 0 Å². The first-order valence-corrected chi connectivity index (χ1v) is 18.7. The maximum atomic E-state index is 2.96. The van der Waals surface area contributed by atoms with Crippen LogP contribution in [0.5, 0.6) is 0 Å². The molecule has 2 fully saturated rings. The van der Waals surface area contributed by atoms with Crippen molar-refractivity contribution >= 4 is 0 Å². The molecule has 0 amide bonds. The van der Waals surface area contributed by atoms with Crippen molar-refractivity contribution in [2.24, 2.45) is 5.41 Å². The average Bonchev–Trinajstić information content (AvgIpc) is 2.93. The molecule has 2 nitrogen and oxygen atoms in total. The molecule has 0 atom stereocenters. The summed E-state index contributed by atoms with van der Waals surface area (Å²) >= 11 is 0. The van der Waals surface area contributed by atoms with Crippen LogP contribution in [0.1, 0.15) is 195 Å². The zero-order valence-corrected chi connectivity index (χ0v) is 27.8. The van der Waals surface area contributed by atoms with Gasteiger partial charge in [0, 0.05) is 25.2 Å². The minimum Gasteiger partial charge on any atom is -0.300 e. The third-order valence-corrected chi connectivity index (χ3v) is 10.5. The van der Waals surface area contributed by atoms with Gasteiger partial charge in [0.1, 0.15) is 0 Å². The molecular formula is C37H74N2. The highest BCUT2D eigenvalue weighted by Gasteiger charge is 2.47. The lowest BCUT2D eigenvalue weighted by molar-refractivity contribution is -0.0794. The van der Waals surface area contributed by atoms with Gasteiger partial charge in [-0.15, -0.1) is 0 Å². The number of rotatable bonds is 26. The Kier molecular flexibility index (Phi) is 20.3. The van der Waals surface area contributed by atoms with Gasteiger partial charge in [0.25, 0.3) is 0 Å². The monoisotopic (exact) mass is 547 g/mol. The van der Waals surface area contributed by atoms with Crippen molar-refractivity contribution in [1.82, 2.24) is 9.80 Å². The fourth-order valence-electron chi connectivity index (χ4n) is 7.71. The van der Waals surface area contributed by atoms with Gasteiger partial charge in [-0.2, -0.15) is 0 Å². The molecule has 2 saturated heterocycles. The number of nitrogens with zero attached hydrogens (tertiary/aromatic N) is 2. The van der Waals surface area contributed by atoms with Crippen LogP contribution in [-0.2, 0) is 0 Å². The van der Waals surface area contributed by atoms with Gasteiger partial charge in [-0.05, 0) is 57.0 Å². The third kappa shape index (κ3) is 14.6. The van der Waals surface area contributed by atoms with Gasteiger partial charge < -0.3 is 4.90 Å². The zero-order chi connectivity index (χ0) is 28.0. The lowest BCUT2D eigenvalue weighted by Gasteiger charge is -2.57. The summed E-state index contributed by atoms with van der Waals surface area (Å²) in [7, 11) is 0. The molecule has 39 heavy (non-hydrogen) atoms. The molecule has 0 saturated carbocycles. The van der Waals surface area contributed by atoms with Crippen molar-refractivity contribution in [3.63, 3.8) is 0 Å². The van der Waals surface area contributed by atoms with E-state index < -0.39 is 0 Å². The second kappa shape index (κ2) is 22.5. The van der Waals surface area contributed by atoms with E-state index in [0.29, 0.717) is 5.41 Å². The summed E-state index contributed by atoms with van der Waals surface area (Å²) in [5, 5.41) is 0. The number of piperidine rings is 1. The van der Waals surface area contributed by atoms with E-state index in [4.69, 9.17) is 0 Å². The molecule has 2 aliphatic heterocycles. The first-order chi connectivity index (χ1) is 19.2. The van der Waals surface area contributed by atoms with Crippen LogP contribution in [-0.4, -0.2) is 48.1 Å². The van der Waals surface area contributed by atoms with Gasteiger partial charge in [0.05, 0.1) is 0 Å². The van der Waals surface area contributed by atoms with Crippen molar-refractivity contribution in [3.8, 4) is 0 Å². The van der Waals surface area contributed by atoms with Crippen LogP contribution in [0.15, 0.2) is 0 Å². The van der Waals surface area contributed by atoms with Gasteiger partial charge in [0.2, 0.25) is 0 Å². The van der Waals surface area contributed by atoms with Crippen molar-refractivity contribution < 1.29 is 0 Å². The molecule has 2 rings (SSSR count). The quantitative estimate of drug-likeness (QED) is 0.0995. The molecule has 0 aromatic heterocycles. The molecule has 2 heteroatoms. The molecule has 0 unspecified atom stereocenters. The Labute approximate surface area is 247 Å². The summed E-state index contributed by atoms with van der Waals surface area (Å²) in [6.07, 6.45) is 37.6. The molecule has 0 radical (unpaired) electrons. The standard InChI is InChI=1S/C37H74N2/c1-5-9-13-17-21-25-35(26-22-18-14-10-6-2)38-31-29-37(30-32-38)33-39(34-37)36(27-23-19-15-11-7-3)28-24-20-16-12-8-4/h35-36H,5-34H2,1-4H3. The molecule has 232 valence electrons. The summed E-state index contributed by atoms with van der Waals surface area (Å²) in [6, 6.07) is 1.76. The predicted octanol–water partition coefficient (Wildman–Crippen LogP) is 11.6. The summed E-state index contributed by atoms with van der Waals surface area (Å²) in [4.78, 5) is 5.92. The van der Waals surface area contributed by atoms with Crippen LogP contribution in [0.2, 0.25) is 0 Å². The smallest absolute Gasteiger partial charge is 0.00957 e. The number of hydrogen-bond acceptors (Lipinski definition) is 2. The first kappa shape index (κ1) is 35.1. The molecule has 0 N–H and O–H groups in total. The second-order valence-corrected chi connectivity index (χ2v) is 14.1. The Morgan fingerprint density at radius 1 is 0.410 bits per heavy atom. The van der Waals surface area contributed by atoms with E-state index in [1.54, 1.807) is 0 Å². The minimum atomic E-state index is 0.673. The Bertz CT molecular complexity index is 502. The summed E-state index contributed by atoms with van der Waals surface area (Å²) in [5.41, 5.74) is 0.673. The summed E-state index contributed by atoms with van der Waals surface area (Å²) in [6.45, 7) is 15.0. The topological polar surface area (TPSA) is 6.48 Å². The Hall–Kier alpha value is -0.0800. The van der Waals surface area contributed by atoms with Crippen LogP contribution < -0.4 is 0 Å². The van der Waals surface area contributed by atoms with E-state index in [9.17, 15) is 0 Å². The molecule has 0 aromatic carbocycles. The van der Waals surface area contributed by atoms with Gasteiger partial charge in [-0.3, -0.25) is 4.90 Å². The van der Waals surface area contributed by atoms with E-state index in [2.05, 4.69) is 37.5 Å². The lowest BCUT2D eigenvalue weighted by Crippen LogP contribution is -2.63. The first-order valence-electron chi connectivity index (χ1n) is 18.7. The highest BCUT2D eigenvalue weighted by atomic mass is 15.3. The highest BCUT2D eigenvalue weighted by molar-refractivity contribution is 5.01. The molecule has 1 spiro atoms. The van der Waals surface area contributed by atoms with E-state index in [-0.39, 0.29) is 0 Å². The number of hydrogen-bond donors (Lipinski definition) is 0. The maximum absolute atomic E-state index is 2.96. The van der Waals surface area contributed by atoms with Crippen LogP contribution in [0.25, 0.3) is 0 Å². The molecule has 0 aromatic rings. The maximum Gasteiger partial charge on any atom is 0.00957 e. The molecular weight excluding hydrogens is 472 g/mol. The summed E-state index contributed by atoms with van der Waals surface area (Å²) in [5.74, 6) is 0. The SMILES string of the molecule is CCCCCCCC(CCCCCCC)N1CCC2(CC1)CN(C(CCCCCCC)CCCCCCC)C2. The average molecular weight is 547 g/mol. The second-order valence-electron chi connectivity index (χ2n) is 14.1. The number of likely N-dealkylation sites (tertiary alicyclic amines) is 2. The van der Waals surface area contributed by atoms with Gasteiger partial charge in [-0.1, -0.05) is 156 Å². The molecule has 0 aliphatic carbocycles. The Morgan fingerprint density at radius 3 is 1.05 bits per heavy atom. The zero-order valence-electron chi connectivity index (χ0n) is 27.8. The van der Waals surface area contributed by atoms with Crippen LogP contribution in [0, 0.1) is 5.41 Å². The molecule has 2 aliphatic rings. The molecule has 2 heterocycles. The Balaban J connectivity index is 1.78. The largest absolute Gasteiger partial charge is 0.300 e. The van der Waals surface area contributed by atoms with Crippen LogP contribution >= 0.6 is 0 Å².